The summed E-state index contributed by atoms with van der Waals surface area (Å²) >= 11 is 12.8. The average molecular weight is 342 g/mol. The smallest absolute Gasteiger partial charge is 0.294 e. The summed E-state index contributed by atoms with van der Waals surface area (Å²) in [6.07, 6.45) is 6.65. The lowest BCUT2D eigenvalue weighted by Gasteiger charge is -2.09. The van der Waals surface area contributed by atoms with Gasteiger partial charge in [0.05, 0.1) is 23.6 Å². The number of amides is 2. The molecular weight excluding hydrogens is 333 g/mol. The van der Waals surface area contributed by atoms with E-state index in [1.807, 2.05) is 0 Å². The molecule has 2 rings (SSSR count). The molecule has 0 N–H and O–H groups in total. The van der Waals surface area contributed by atoms with Crippen LogP contribution in [0.25, 0.3) is 6.08 Å². The lowest BCUT2D eigenvalue weighted by atomic mass is 10.2. The minimum Gasteiger partial charge on any atom is -0.495 e. The molecule has 0 radical (unpaired) electrons. The third kappa shape index (κ3) is 3.18. The Balaban J connectivity index is 2.44. The maximum absolute atomic E-state index is 12.1. The second-order valence-corrected chi connectivity index (χ2v) is 5.82. The van der Waals surface area contributed by atoms with Crippen molar-refractivity contribution in [3.63, 3.8) is 0 Å². The van der Waals surface area contributed by atoms with Crippen molar-refractivity contribution in [2.75, 3.05) is 13.7 Å². The Labute approximate surface area is 136 Å². The Hall–Kier alpha value is -1.61. The molecule has 0 saturated carbocycles. The van der Waals surface area contributed by atoms with Crippen LogP contribution in [0.4, 0.5) is 4.79 Å². The van der Waals surface area contributed by atoms with E-state index in [-0.39, 0.29) is 11.4 Å². The fourth-order valence-electron chi connectivity index (χ4n) is 1.77. The predicted molar refractivity (Wildman–Crippen MR) is 84.5 cm³/mol. The molecule has 1 aromatic rings. The molecule has 1 aromatic carbocycles. The SMILES string of the molecule is C#CCN1C(=O)S/C(=C\c2cc(Cl)cc(Cl)c2OC)C1=O. The average Bonchev–Trinajstić information content (AvgIpc) is 2.66. The third-order valence-electron chi connectivity index (χ3n) is 2.65. The second kappa shape index (κ2) is 6.44. The molecule has 1 heterocycles. The van der Waals surface area contributed by atoms with Crippen LogP contribution >= 0.6 is 35.0 Å². The number of terminal acetylenes is 1. The van der Waals surface area contributed by atoms with Crippen LogP contribution in [0.3, 0.4) is 0 Å². The van der Waals surface area contributed by atoms with E-state index in [1.165, 1.54) is 19.3 Å². The van der Waals surface area contributed by atoms with Crippen molar-refractivity contribution in [3.05, 3.63) is 32.6 Å². The van der Waals surface area contributed by atoms with Crippen LogP contribution in [0.15, 0.2) is 17.0 Å². The van der Waals surface area contributed by atoms with Crippen LogP contribution < -0.4 is 4.74 Å². The highest BCUT2D eigenvalue weighted by Gasteiger charge is 2.34. The highest BCUT2D eigenvalue weighted by atomic mass is 35.5. The minimum absolute atomic E-state index is 0.0601. The molecule has 0 spiro atoms. The van der Waals surface area contributed by atoms with Crippen LogP contribution in [0.5, 0.6) is 5.75 Å². The quantitative estimate of drug-likeness (QED) is 0.621. The first-order valence-electron chi connectivity index (χ1n) is 5.69. The molecule has 1 aliphatic rings. The van der Waals surface area contributed by atoms with Gasteiger partial charge in [-0.3, -0.25) is 14.5 Å². The van der Waals surface area contributed by atoms with Gasteiger partial charge in [0.1, 0.15) is 5.75 Å². The first-order valence-corrected chi connectivity index (χ1v) is 7.27. The number of hydrogen-bond acceptors (Lipinski definition) is 4. The van der Waals surface area contributed by atoms with Gasteiger partial charge in [0.2, 0.25) is 0 Å². The van der Waals surface area contributed by atoms with Gasteiger partial charge in [-0.1, -0.05) is 29.1 Å². The number of methoxy groups -OCH3 is 1. The van der Waals surface area contributed by atoms with E-state index in [0.29, 0.717) is 21.4 Å². The van der Waals surface area contributed by atoms with Gasteiger partial charge in [-0.25, -0.2) is 0 Å². The second-order valence-electron chi connectivity index (χ2n) is 3.98. The highest BCUT2D eigenvalue weighted by molar-refractivity contribution is 8.18. The van der Waals surface area contributed by atoms with E-state index in [4.69, 9.17) is 34.4 Å². The number of carbonyl (C=O) groups is 2. The number of thioether (sulfide) groups is 1. The topological polar surface area (TPSA) is 46.6 Å². The zero-order valence-corrected chi connectivity index (χ0v) is 13.2. The fourth-order valence-corrected chi connectivity index (χ4v) is 3.19. The normalized spacial score (nSPS) is 16.5. The summed E-state index contributed by atoms with van der Waals surface area (Å²) in [5.41, 5.74) is 0.515. The van der Waals surface area contributed by atoms with E-state index in [0.717, 1.165) is 16.7 Å². The number of carbonyl (C=O) groups excluding carboxylic acids is 2. The van der Waals surface area contributed by atoms with Gasteiger partial charge in [0.15, 0.2) is 0 Å². The number of nitrogens with zero attached hydrogens (tertiary/aromatic N) is 1. The van der Waals surface area contributed by atoms with E-state index < -0.39 is 11.1 Å². The van der Waals surface area contributed by atoms with Crippen molar-refractivity contribution >= 4 is 52.2 Å². The summed E-state index contributed by atoms with van der Waals surface area (Å²) in [7, 11) is 1.45. The molecule has 21 heavy (non-hydrogen) atoms. The monoisotopic (exact) mass is 341 g/mol. The zero-order valence-electron chi connectivity index (χ0n) is 10.9. The molecule has 0 bridgehead atoms. The zero-order chi connectivity index (χ0) is 15.6. The van der Waals surface area contributed by atoms with E-state index >= 15 is 0 Å². The van der Waals surface area contributed by atoms with Crippen molar-refractivity contribution in [3.8, 4) is 18.1 Å². The van der Waals surface area contributed by atoms with Gasteiger partial charge < -0.3 is 4.74 Å². The highest BCUT2D eigenvalue weighted by Crippen LogP contribution is 2.37. The lowest BCUT2D eigenvalue weighted by Crippen LogP contribution is -2.28. The largest absolute Gasteiger partial charge is 0.495 e. The lowest BCUT2D eigenvalue weighted by molar-refractivity contribution is -0.122. The molecule has 1 fully saturated rings. The Morgan fingerprint density at radius 1 is 1.43 bits per heavy atom. The summed E-state index contributed by atoms with van der Waals surface area (Å²) in [6.45, 7) is -0.0601. The fraction of sp³-hybridized carbons (Fsp3) is 0.143. The summed E-state index contributed by atoms with van der Waals surface area (Å²) < 4.78 is 5.19. The molecule has 0 unspecified atom stereocenters. The van der Waals surface area contributed by atoms with E-state index in [2.05, 4.69) is 5.92 Å². The number of ether oxygens (including phenoxy) is 1. The molecule has 108 valence electrons. The number of benzene rings is 1. The van der Waals surface area contributed by atoms with Gasteiger partial charge in [-0.15, -0.1) is 6.42 Å². The maximum atomic E-state index is 12.1. The molecule has 2 amide bonds. The maximum Gasteiger partial charge on any atom is 0.294 e. The van der Waals surface area contributed by atoms with Gasteiger partial charge in [0, 0.05) is 10.6 Å². The molecule has 0 aliphatic carbocycles. The molecule has 1 aliphatic heterocycles. The first kappa shape index (κ1) is 15.8. The van der Waals surface area contributed by atoms with Crippen LogP contribution in [-0.2, 0) is 4.79 Å². The molecule has 0 aromatic heterocycles. The van der Waals surface area contributed by atoms with Crippen LogP contribution in [-0.4, -0.2) is 29.7 Å². The third-order valence-corrected chi connectivity index (χ3v) is 4.06. The number of halogens is 2. The summed E-state index contributed by atoms with van der Waals surface area (Å²) in [4.78, 5) is 25.0. The van der Waals surface area contributed by atoms with Gasteiger partial charge in [0.25, 0.3) is 11.1 Å². The molecule has 7 heteroatoms. The number of hydrogen-bond donors (Lipinski definition) is 0. The Bertz CT molecular complexity index is 694. The van der Waals surface area contributed by atoms with Gasteiger partial charge in [-0.05, 0) is 30.0 Å². The number of rotatable bonds is 3. The summed E-state index contributed by atoms with van der Waals surface area (Å²) in [5, 5.41) is 0.310. The van der Waals surface area contributed by atoms with Gasteiger partial charge in [-0.2, -0.15) is 0 Å². The first-order chi connectivity index (χ1) is 9.97. The Morgan fingerprint density at radius 3 is 2.76 bits per heavy atom. The van der Waals surface area contributed by atoms with Crippen molar-refractivity contribution in [1.82, 2.24) is 4.90 Å². The Kier molecular flexibility index (Phi) is 4.84. The summed E-state index contributed by atoms with van der Waals surface area (Å²) in [6, 6.07) is 3.13. The summed E-state index contributed by atoms with van der Waals surface area (Å²) in [5.74, 6) is 2.21. The minimum atomic E-state index is -0.443. The molecule has 0 atom stereocenters. The standard InChI is InChI=1S/C14H9Cl2NO3S/c1-3-4-17-13(18)11(21-14(17)19)6-8-5-9(15)7-10(16)12(8)20-2/h1,5-7H,4H2,2H3/b11-6-. The molecule has 1 saturated heterocycles. The Morgan fingerprint density at radius 2 is 2.14 bits per heavy atom. The van der Waals surface area contributed by atoms with Crippen LogP contribution in [0, 0.1) is 12.3 Å². The van der Waals surface area contributed by atoms with Crippen LogP contribution in [0.1, 0.15) is 5.56 Å². The molecular formula is C14H9Cl2NO3S. The number of imide groups is 1. The van der Waals surface area contributed by atoms with Gasteiger partial charge >= 0.3 is 0 Å². The molecule has 4 nitrogen and oxygen atoms in total. The van der Waals surface area contributed by atoms with Crippen molar-refractivity contribution in [1.29, 1.82) is 0 Å². The predicted octanol–water partition coefficient (Wildman–Crippen LogP) is 3.67. The van der Waals surface area contributed by atoms with Crippen molar-refractivity contribution < 1.29 is 14.3 Å². The van der Waals surface area contributed by atoms with Crippen LogP contribution in [0.2, 0.25) is 10.0 Å². The van der Waals surface area contributed by atoms with Crippen molar-refractivity contribution in [2.45, 2.75) is 0 Å². The van der Waals surface area contributed by atoms with E-state index in [1.54, 1.807) is 6.07 Å². The van der Waals surface area contributed by atoms with E-state index in [9.17, 15) is 9.59 Å². The van der Waals surface area contributed by atoms with Crippen molar-refractivity contribution in [2.24, 2.45) is 0 Å².